The Morgan fingerprint density at radius 2 is 1.59 bits per heavy atom. The van der Waals surface area contributed by atoms with Crippen LogP contribution in [0.4, 0.5) is 5.69 Å². The largest absolute Gasteiger partial charge is 0.502 e. The van der Waals surface area contributed by atoms with Crippen molar-refractivity contribution in [1.82, 2.24) is 5.43 Å². The summed E-state index contributed by atoms with van der Waals surface area (Å²) in [5.74, 6) is 0.165. The number of benzene rings is 3. The van der Waals surface area contributed by atoms with Crippen LogP contribution in [0, 0.1) is 0 Å². The molecule has 0 unspecified atom stereocenters. The van der Waals surface area contributed by atoms with E-state index in [0.717, 1.165) is 0 Å². The van der Waals surface area contributed by atoms with E-state index in [0.29, 0.717) is 17.0 Å². The molecule has 3 N–H and O–H groups in total. The van der Waals surface area contributed by atoms with Crippen molar-refractivity contribution >= 4 is 27.8 Å². The van der Waals surface area contributed by atoms with Gasteiger partial charge in [0.2, 0.25) is 5.75 Å². The molecule has 3 aromatic carbocycles. The molecule has 0 heterocycles. The standard InChI is InChI=1S/C23H23N3O7S/c1-31-18-9-7-17(8-10-18)26-34(29,30)19-6-4-5-16(13-19)23(28)25-24-14-15-11-20(32-2)22(27)21(12-15)33-3/h4-14,26-27H,1-3H3,(H,25,28). The summed E-state index contributed by atoms with van der Waals surface area (Å²) in [5, 5.41) is 13.8. The van der Waals surface area contributed by atoms with Crippen molar-refractivity contribution < 1.29 is 32.5 Å². The summed E-state index contributed by atoms with van der Waals surface area (Å²) in [4.78, 5) is 12.4. The van der Waals surface area contributed by atoms with E-state index in [4.69, 9.17) is 14.2 Å². The first-order valence-corrected chi connectivity index (χ1v) is 11.3. The highest BCUT2D eigenvalue weighted by Crippen LogP contribution is 2.36. The number of ether oxygens (including phenoxy) is 3. The van der Waals surface area contributed by atoms with E-state index in [1.807, 2.05) is 0 Å². The minimum Gasteiger partial charge on any atom is -0.502 e. The molecule has 11 heteroatoms. The van der Waals surface area contributed by atoms with Crippen LogP contribution in [0.25, 0.3) is 0 Å². The Labute approximate surface area is 196 Å². The maximum Gasteiger partial charge on any atom is 0.271 e. The van der Waals surface area contributed by atoms with Gasteiger partial charge in [-0.15, -0.1) is 0 Å². The molecule has 3 aromatic rings. The summed E-state index contributed by atoms with van der Waals surface area (Å²) in [5.41, 5.74) is 3.27. The molecule has 0 aromatic heterocycles. The molecule has 0 aliphatic rings. The average Bonchev–Trinajstić information content (AvgIpc) is 2.85. The van der Waals surface area contributed by atoms with Crippen molar-refractivity contribution in [3.05, 3.63) is 71.8 Å². The number of phenols is 1. The molecule has 10 nitrogen and oxygen atoms in total. The summed E-state index contributed by atoms with van der Waals surface area (Å²) in [6.45, 7) is 0. The van der Waals surface area contributed by atoms with Crippen molar-refractivity contribution in [2.45, 2.75) is 4.90 Å². The third-order valence-electron chi connectivity index (χ3n) is 4.63. The van der Waals surface area contributed by atoms with Crippen molar-refractivity contribution in [3.63, 3.8) is 0 Å². The van der Waals surface area contributed by atoms with Gasteiger partial charge in [0.1, 0.15) is 5.75 Å². The monoisotopic (exact) mass is 485 g/mol. The van der Waals surface area contributed by atoms with Crippen molar-refractivity contribution in [2.24, 2.45) is 5.10 Å². The molecule has 0 spiro atoms. The molecule has 34 heavy (non-hydrogen) atoms. The number of hydrogen-bond acceptors (Lipinski definition) is 8. The van der Waals surface area contributed by atoms with Crippen LogP contribution < -0.4 is 24.4 Å². The number of amides is 1. The molecule has 3 rings (SSSR count). The van der Waals surface area contributed by atoms with E-state index >= 15 is 0 Å². The number of methoxy groups -OCH3 is 3. The van der Waals surface area contributed by atoms with Crippen LogP contribution in [0.3, 0.4) is 0 Å². The predicted molar refractivity (Wildman–Crippen MR) is 127 cm³/mol. The zero-order valence-electron chi connectivity index (χ0n) is 18.6. The molecule has 0 saturated carbocycles. The summed E-state index contributed by atoms with van der Waals surface area (Å²) < 4.78 is 43.1. The molecule has 0 aliphatic carbocycles. The topological polar surface area (TPSA) is 136 Å². The van der Waals surface area contributed by atoms with Crippen molar-refractivity contribution in [3.8, 4) is 23.0 Å². The van der Waals surface area contributed by atoms with E-state index in [-0.39, 0.29) is 27.7 Å². The van der Waals surface area contributed by atoms with Crippen LogP contribution in [-0.4, -0.2) is 47.0 Å². The number of carbonyl (C=O) groups excluding carboxylic acids is 1. The number of sulfonamides is 1. The smallest absolute Gasteiger partial charge is 0.271 e. The third kappa shape index (κ3) is 5.75. The second-order valence-electron chi connectivity index (χ2n) is 6.83. The molecule has 0 fully saturated rings. The molecular weight excluding hydrogens is 462 g/mol. The van der Waals surface area contributed by atoms with E-state index in [9.17, 15) is 18.3 Å². The summed E-state index contributed by atoms with van der Waals surface area (Å²) >= 11 is 0. The fourth-order valence-corrected chi connectivity index (χ4v) is 4.00. The first kappa shape index (κ1) is 24.4. The molecule has 0 aliphatic heterocycles. The predicted octanol–water partition coefficient (Wildman–Crippen LogP) is 2.98. The van der Waals surface area contributed by atoms with Crippen molar-refractivity contribution in [1.29, 1.82) is 0 Å². The molecule has 1 amide bonds. The van der Waals surface area contributed by atoms with E-state index < -0.39 is 15.9 Å². The molecule has 0 bridgehead atoms. The average molecular weight is 486 g/mol. The van der Waals surface area contributed by atoms with Gasteiger partial charge in [-0.3, -0.25) is 9.52 Å². The van der Waals surface area contributed by atoms with Crippen molar-refractivity contribution in [2.75, 3.05) is 26.1 Å². The Hall–Kier alpha value is -4.25. The van der Waals surface area contributed by atoms with Gasteiger partial charge in [-0.1, -0.05) is 6.07 Å². The van der Waals surface area contributed by atoms with Gasteiger partial charge in [0.25, 0.3) is 15.9 Å². The summed E-state index contributed by atoms with van der Waals surface area (Å²) in [7, 11) is 0.361. The first-order chi connectivity index (χ1) is 16.3. The van der Waals surface area contributed by atoms with Gasteiger partial charge in [-0.2, -0.15) is 5.10 Å². The Kier molecular flexibility index (Phi) is 7.59. The quantitative estimate of drug-likeness (QED) is 0.313. The zero-order chi connectivity index (χ0) is 24.7. The molecule has 178 valence electrons. The lowest BCUT2D eigenvalue weighted by Crippen LogP contribution is -2.19. The van der Waals surface area contributed by atoms with Gasteiger partial charge in [0, 0.05) is 16.8 Å². The minimum absolute atomic E-state index is 0.0899. The number of anilines is 1. The zero-order valence-corrected chi connectivity index (χ0v) is 19.4. The van der Waals surface area contributed by atoms with E-state index in [1.54, 1.807) is 24.3 Å². The lowest BCUT2D eigenvalue weighted by molar-refractivity contribution is 0.0955. The second-order valence-corrected chi connectivity index (χ2v) is 8.52. The normalized spacial score (nSPS) is 11.1. The first-order valence-electron chi connectivity index (χ1n) is 9.82. The molecule has 0 radical (unpaired) electrons. The lowest BCUT2D eigenvalue weighted by atomic mass is 10.2. The van der Waals surface area contributed by atoms with Gasteiger partial charge in [-0.25, -0.2) is 13.8 Å². The SMILES string of the molecule is COc1ccc(NS(=O)(=O)c2cccc(C(=O)NN=Cc3cc(OC)c(O)c(OC)c3)c2)cc1. The van der Waals surface area contributed by atoms with Gasteiger partial charge >= 0.3 is 0 Å². The Balaban J connectivity index is 1.73. The maximum absolute atomic E-state index is 12.7. The van der Waals surface area contributed by atoms with Crippen LogP contribution in [-0.2, 0) is 10.0 Å². The number of nitrogens with zero attached hydrogens (tertiary/aromatic N) is 1. The van der Waals surface area contributed by atoms with Gasteiger partial charge < -0.3 is 19.3 Å². The fraction of sp³-hybridized carbons (Fsp3) is 0.130. The Morgan fingerprint density at radius 1 is 0.941 bits per heavy atom. The fourth-order valence-electron chi connectivity index (χ4n) is 2.90. The number of rotatable bonds is 9. The summed E-state index contributed by atoms with van der Waals surface area (Å²) in [6, 6.07) is 14.9. The molecule has 0 atom stereocenters. The number of hydrogen-bond donors (Lipinski definition) is 3. The third-order valence-corrected chi connectivity index (χ3v) is 6.01. The van der Waals surface area contributed by atoms with Crippen LogP contribution >= 0.6 is 0 Å². The highest BCUT2D eigenvalue weighted by atomic mass is 32.2. The van der Waals surface area contributed by atoms with Crippen LogP contribution in [0.1, 0.15) is 15.9 Å². The number of hydrazone groups is 1. The van der Waals surface area contributed by atoms with Crippen LogP contribution in [0.2, 0.25) is 0 Å². The Morgan fingerprint density at radius 3 is 2.18 bits per heavy atom. The second kappa shape index (κ2) is 10.6. The van der Waals surface area contributed by atoms with Gasteiger partial charge in [-0.05, 0) is 54.6 Å². The maximum atomic E-state index is 12.7. The number of phenolic OH excluding ortho intramolecular Hbond substituents is 1. The molecule has 0 saturated heterocycles. The molecular formula is C23H23N3O7S. The van der Waals surface area contributed by atoms with E-state index in [1.165, 1.54) is 63.9 Å². The number of nitrogens with one attached hydrogen (secondary N) is 2. The van der Waals surface area contributed by atoms with E-state index in [2.05, 4.69) is 15.2 Å². The Bertz CT molecular complexity index is 1280. The number of carbonyl (C=O) groups is 1. The highest BCUT2D eigenvalue weighted by molar-refractivity contribution is 7.92. The lowest BCUT2D eigenvalue weighted by Gasteiger charge is -2.10. The van der Waals surface area contributed by atoms with Gasteiger partial charge in [0.15, 0.2) is 11.5 Å². The van der Waals surface area contributed by atoms with Crippen LogP contribution in [0.5, 0.6) is 23.0 Å². The minimum atomic E-state index is -3.93. The van der Waals surface area contributed by atoms with Gasteiger partial charge in [0.05, 0.1) is 32.4 Å². The highest BCUT2D eigenvalue weighted by Gasteiger charge is 2.17. The van der Waals surface area contributed by atoms with Crippen LogP contribution in [0.15, 0.2) is 70.7 Å². The number of aromatic hydroxyl groups is 1. The summed E-state index contributed by atoms with van der Waals surface area (Å²) in [6.07, 6.45) is 1.33.